The number of hydrogen-bond donors (Lipinski definition) is 1. The highest BCUT2D eigenvalue weighted by atomic mass is 15.2. The van der Waals surface area contributed by atoms with Gasteiger partial charge in [-0.2, -0.15) is 10.2 Å². The zero-order chi connectivity index (χ0) is 15.2. The van der Waals surface area contributed by atoms with Gasteiger partial charge in [0, 0.05) is 26.2 Å². The van der Waals surface area contributed by atoms with Gasteiger partial charge in [-0.05, 0) is 43.5 Å². The Labute approximate surface area is 132 Å². The van der Waals surface area contributed by atoms with Crippen molar-refractivity contribution in [2.24, 2.45) is 5.92 Å². The first-order valence-corrected chi connectivity index (χ1v) is 8.06. The first-order valence-electron chi connectivity index (χ1n) is 8.06. The summed E-state index contributed by atoms with van der Waals surface area (Å²) >= 11 is 0. The average molecular weight is 296 g/mol. The van der Waals surface area contributed by atoms with Crippen molar-refractivity contribution in [2.75, 3.05) is 26.2 Å². The summed E-state index contributed by atoms with van der Waals surface area (Å²) in [7, 11) is 0. The second kappa shape index (κ2) is 7.47. The summed E-state index contributed by atoms with van der Waals surface area (Å²) in [4.78, 5) is 2.54. The molecule has 0 spiro atoms. The molecule has 3 rings (SSSR count). The molecule has 4 nitrogen and oxygen atoms in total. The predicted molar refractivity (Wildman–Crippen MR) is 88.6 cm³/mol. The molecule has 2 aromatic rings. The minimum Gasteiger partial charge on any atom is -0.315 e. The van der Waals surface area contributed by atoms with Crippen molar-refractivity contribution in [1.82, 2.24) is 20.4 Å². The molecule has 2 heterocycles. The van der Waals surface area contributed by atoms with E-state index in [2.05, 4.69) is 56.8 Å². The van der Waals surface area contributed by atoms with Crippen molar-refractivity contribution >= 4 is 0 Å². The second-order valence-electron chi connectivity index (χ2n) is 6.16. The molecule has 1 atom stereocenters. The molecule has 1 N–H and O–H groups in total. The van der Waals surface area contributed by atoms with Gasteiger partial charge in [-0.1, -0.05) is 30.3 Å². The number of rotatable bonds is 4. The molecule has 1 saturated heterocycles. The molecule has 0 amide bonds. The summed E-state index contributed by atoms with van der Waals surface area (Å²) in [6.07, 6.45) is 0.992. The van der Waals surface area contributed by atoms with Crippen LogP contribution in [0.1, 0.15) is 17.0 Å². The lowest BCUT2D eigenvalue weighted by Gasteiger charge is -2.23. The van der Waals surface area contributed by atoms with Crippen LogP contribution in [0.3, 0.4) is 0 Å². The van der Waals surface area contributed by atoms with Crippen molar-refractivity contribution in [1.29, 1.82) is 0 Å². The summed E-state index contributed by atoms with van der Waals surface area (Å²) in [5.41, 5.74) is 3.46. The minimum atomic E-state index is 0.586. The zero-order valence-corrected chi connectivity index (χ0v) is 13.2. The number of aromatic nitrogens is 2. The van der Waals surface area contributed by atoms with Gasteiger partial charge in [-0.15, -0.1) is 0 Å². The lowest BCUT2D eigenvalue weighted by Crippen LogP contribution is -2.30. The summed E-state index contributed by atoms with van der Waals surface area (Å²) in [5, 5.41) is 12.0. The molecule has 1 aromatic carbocycles. The van der Waals surface area contributed by atoms with E-state index in [1.165, 1.54) is 5.56 Å². The van der Waals surface area contributed by atoms with Gasteiger partial charge in [0.15, 0.2) is 0 Å². The summed E-state index contributed by atoms with van der Waals surface area (Å²) in [5.74, 6) is 0.586. The molecule has 1 aliphatic rings. The molecule has 1 aromatic heterocycles. The summed E-state index contributed by atoms with van der Waals surface area (Å²) < 4.78 is 0. The normalized spacial score (nSPS) is 19.8. The van der Waals surface area contributed by atoms with Crippen LogP contribution in [0.15, 0.2) is 42.5 Å². The van der Waals surface area contributed by atoms with Gasteiger partial charge < -0.3 is 5.32 Å². The van der Waals surface area contributed by atoms with Crippen molar-refractivity contribution < 1.29 is 0 Å². The van der Waals surface area contributed by atoms with E-state index in [0.29, 0.717) is 5.92 Å². The van der Waals surface area contributed by atoms with E-state index in [1.807, 2.05) is 13.0 Å². The maximum absolute atomic E-state index is 4.32. The van der Waals surface area contributed by atoms with Gasteiger partial charge in [-0.3, -0.25) is 4.90 Å². The van der Waals surface area contributed by atoms with E-state index in [9.17, 15) is 0 Å². The Morgan fingerprint density at radius 3 is 2.77 bits per heavy atom. The molecule has 116 valence electrons. The Balaban J connectivity index is 1.61. The lowest BCUT2D eigenvalue weighted by molar-refractivity contribution is 0.248. The van der Waals surface area contributed by atoms with E-state index < -0.39 is 0 Å². The molecule has 1 unspecified atom stereocenters. The maximum atomic E-state index is 4.32. The number of benzene rings is 1. The highest BCUT2D eigenvalue weighted by Crippen LogP contribution is 2.13. The molecule has 22 heavy (non-hydrogen) atoms. The SMILES string of the molecule is Cc1ccc(CC2CNCCN(Cc3ccccc3)C2)nn1. The molecule has 0 radical (unpaired) electrons. The van der Waals surface area contributed by atoms with Crippen LogP contribution in [0.2, 0.25) is 0 Å². The first kappa shape index (κ1) is 15.1. The fourth-order valence-electron chi connectivity index (χ4n) is 3.02. The van der Waals surface area contributed by atoms with Crippen molar-refractivity contribution in [3.63, 3.8) is 0 Å². The molecule has 4 heteroatoms. The number of hydrogen-bond acceptors (Lipinski definition) is 4. The van der Waals surface area contributed by atoms with E-state index in [1.54, 1.807) is 0 Å². The predicted octanol–water partition coefficient (Wildman–Crippen LogP) is 2.05. The fourth-order valence-corrected chi connectivity index (χ4v) is 3.02. The van der Waals surface area contributed by atoms with Crippen LogP contribution in [0.25, 0.3) is 0 Å². The third-order valence-corrected chi connectivity index (χ3v) is 4.15. The molecule has 1 fully saturated rings. The molecular weight excluding hydrogens is 272 g/mol. The Bertz CT molecular complexity index is 567. The van der Waals surface area contributed by atoms with Crippen molar-refractivity contribution in [3.8, 4) is 0 Å². The van der Waals surface area contributed by atoms with E-state index in [0.717, 1.165) is 50.5 Å². The maximum Gasteiger partial charge on any atom is 0.0635 e. The summed E-state index contributed by atoms with van der Waals surface area (Å²) in [6, 6.07) is 14.9. The van der Waals surface area contributed by atoms with Crippen LogP contribution in [-0.4, -0.2) is 41.3 Å². The van der Waals surface area contributed by atoms with Crippen LogP contribution in [0.4, 0.5) is 0 Å². The van der Waals surface area contributed by atoms with Crippen LogP contribution in [-0.2, 0) is 13.0 Å². The first-order chi connectivity index (χ1) is 10.8. The van der Waals surface area contributed by atoms with Gasteiger partial charge in [0.25, 0.3) is 0 Å². The standard InChI is InChI=1S/C18H24N4/c1-15-7-8-18(21-20-15)11-17-12-19-9-10-22(14-17)13-16-5-3-2-4-6-16/h2-8,17,19H,9-14H2,1H3. The van der Waals surface area contributed by atoms with Gasteiger partial charge >= 0.3 is 0 Å². The Kier molecular flexibility index (Phi) is 5.14. The van der Waals surface area contributed by atoms with Gasteiger partial charge in [0.2, 0.25) is 0 Å². The lowest BCUT2D eigenvalue weighted by atomic mass is 10.0. The van der Waals surface area contributed by atoms with E-state index in [4.69, 9.17) is 0 Å². The second-order valence-corrected chi connectivity index (χ2v) is 6.16. The number of nitrogens with zero attached hydrogens (tertiary/aromatic N) is 3. The quantitative estimate of drug-likeness (QED) is 0.937. The molecule has 1 aliphatic heterocycles. The van der Waals surface area contributed by atoms with Gasteiger partial charge in [0.1, 0.15) is 0 Å². The molecule has 0 aliphatic carbocycles. The van der Waals surface area contributed by atoms with Crippen LogP contribution in [0.5, 0.6) is 0 Å². The topological polar surface area (TPSA) is 41.0 Å². The van der Waals surface area contributed by atoms with Crippen molar-refractivity contribution in [2.45, 2.75) is 19.9 Å². The third kappa shape index (κ3) is 4.36. The van der Waals surface area contributed by atoms with Crippen LogP contribution >= 0.6 is 0 Å². The van der Waals surface area contributed by atoms with Crippen molar-refractivity contribution in [3.05, 3.63) is 59.4 Å². The average Bonchev–Trinajstić information content (AvgIpc) is 2.76. The fraction of sp³-hybridized carbons (Fsp3) is 0.444. The largest absolute Gasteiger partial charge is 0.315 e. The number of aryl methyl sites for hydroxylation is 1. The molecule has 0 bridgehead atoms. The third-order valence-electron chi connectivity index (χ3n) is 4.15. The molecular formula is C18H24N4. The van der Waals surface area contributed by atoms with E-state index >= 15 is 0 Å². The Hall–Kier alpha value is -1.78. The monoisotopic (exact) mass is 296 g/mol. The van der Waals surface area contributed by atoms with E-state index in [-0.39, 0.29) is 0 Å². The zero-order valence-electron chi connectivity index (χ0n) is 13.2. The highest BCUT2D eigenvalue weighted by molar-refractivity contribution is 5.14. The van der Waals surface area contributed by atoms with Gasteiger partial charge in [-0.25, -0.2) is 0 Å². The number of nitrogens with one attached hydrogen (secondary N) is 1. The Morgan fingerprint density at radius 2 is 2.00 bits per heavy atom. The van der Waals surface area contributed by atoms with Gasteiger partial charge in [0.05, 0.1) is 11.4 Å². The molecule has 0 saturated carbocycles. The Morgan fingerprint density at radius 1 is 1.14 bits per heavy atom. The van der Waals surface area contributed by atoms with Crippen LogP contribution in [0, 0.1) is 12.8 Å². The highest BCUT2D eigenvalue weighted by Gasteiger charge is 2.19. The smallest absolute Gasteiger partial charge is 0.0635 e. The minimum absolute atomic E-state index is 0.586. The summed E-state index contributed by atoms with van der Waals surface area (Å²) in [6.45, 7) is 7.33. The van der Waals surface area contributed by atoms with Crippen LogP contribution < -0.4 is 5.32 Å².